The van der Waals surface area contributed by atoms with Gasteiger partial charge in [0.25, 0.3) is 0 Å². The highest BCUT2D eigenvalue weighted by Gasteiger charge is 2.51. The fourth-order valence-electron chi connectivity index (χ4n) is 2.86. The number of ether oxygens (including phenoxy) is 1. The normalized spacial score (nSPS) is 20.5. The molecule has 0 radical (unpaired) electrons. The van der Waals surface area contributed by atoms with E-state index in [9.17, 15) is 4.39 Å². The lowest BCUT2D eigenvalue weighted by molar-refractivity contribution is 0.00578. The molecular weight excluding hydrogens is 306 g/mol. The van der Waals surface area contributed by atoms with Crippen LogP contribution in [0, 0.1) is 17.7 Å². The Bertz CT molecular complexity index is 556. The molecule has 0 spiro atoms. The SMILES string of the molecule is CC(C)CC(C)COc1ccc(B2OC(C)(C)C(C)(C)O2)cc1F. The quantitative estimate of drug-likeness (QED) is 0.729. The van der Waals surface area contributed by atoms with Gasteiger partial charge in [0.2, 0.25) is 0 Å². The number of halogens is 1. The van der Waals surface area contributed by atoms with E-state index < -0.39 is 18.3 Å². The summed E-state index contributed by atoms with van der Waals surface area (Å²) >= 11 is 0. The highest BCUT2D eigenvalue weighted by molar-refractivity contribution is 6.62. The molecule has 0 amide bonds. The van der Waals surface area contributed by atoms with Gasteiger partial charge >= 0.3 is 7.12 Å². The van der Waals surface area contributed by atoms with Crippen LogP contribution >= 0.6 is 0 Å². The summed E-state index contributed by atoms with van der Waals surface area (Å²) in [7, 11) is -0.557. The molecule has 1 aliphatic heterocycles. The third-order valence-electron chi connectivity index (χ3n) is 4.88. The molecule has 0 aromatic heterocycles. The number of benzene rings is 1. The van der Waals surface area contributed by atoms with Crippen LogP contribution in [-0.2, 0) is 9.31 Å². The van der Waals surface area contributed by atoms with Crippen LogP contribution in [0.25, 0.3) is 0 Å². The summed E-state index contributed by atoms with van der Waals surface area (Å²) in [5.74, 6) is 0.913. The molecule has 0 bridgehead atoms. The van der Waals surface area contributed by atoms with Crippen LogP contribution in [0.2, 0.25) is 0 Å². The van der Waals surface area contributed by atoms with Crippen molar-refractivity contribution in [3.8, 4) is 5.75 Å². The number of hydrogen-bond acceptors (Lipinski definition) is 3. The van der Waals surface area contributed by atoms with Crippen molar-refractivity contribution in [2.24, 2.45) is 11.8 Å². The van der Waals surface area contributed by atoms with E-state index in [1.807, 2.05) is 33.8 Å². The topological polar surface area (TPSA) is 27.7 Å². The predicted molar refractivity (Wildman–Crippen MR) is 96.2 cm³/mol. The van der Waals surface area contributed by atoms with Crippen molar-refractivity contribution in [2.45, 2.75) is 66.1 Å². The minimum absolute atomic E-state index is 0.283. The Kier molecular flexibility index (Phi) is 5.66. The molecule has 2 rings (SSSR count). The van der Waals surface area contributed by atoms with E-state index >= 15 is 0 Å². The molecule has 1 saturated heterocycles. The van der Waals surface area contributed by atoms with Crippen molar-refractivity contribution in [3.63, 3.8) is 0 Å². The third-order valence-corrected chi connectivity index (χ3v) is 4.88. The largest absolute Gasteiger partial charge is 0.494 e. The Labute approximate surface area is 146 Å². The van der Waals surface area contributed by atoms with Crippen LogP contribution in [-0.4, -0.2) is 24.9 Å². The molecular formula is C19H30BFO3. The minimum Gasteiger partial charge on any atom is -0.490 e. The lowest BCUT2D eigenvalue weighted by Gasteiger charge is -2.32. The van der Waals surface area contributed by atoms with Crippen LogP contribution < -0.4 is 10.2 Å². The van der Waals surface area contributed by atoms with Crippen LogP contribution in [0.15, 0.2) is 18.2 Å². The van der Waals surface area contributed by atoms with Gasteiger partial charge in [0.15, 0.2) is 11.6 Å². The Morgan fingerprint density at radius 2 is 1.67 bits per heavy atom. The standard InChI is InChI=1S/C19H30BFO3/c1-13(2)10-14(3)12-22-17-9-8-15(11-16(17)21)20-23-18(4,5)19(6,7)24-20/h8-9,11,13-14H,10,12H2,1-7H3. The molecule has 24 heavy (non-hydrogen) atoms. The van der Waals surface area contributed by atoms with Crippen LogP contribution in [0.1, 0.15) is 54.9 Å². The van der Waals surface area contributed by atoms with Gasteiger partial charge in [-0.05, 0) is 63.5 Å². The fraction of sp³-hybridized carbons (Fsp3) is 0.684. The van der Waals surface area contributed by atoms with Crippen molar-refractivity contribution < 1.29 is 18.4 Å². The van der Waals surface area contributed by atoms with Gasteiger partial charge in [-0.15, -0.1) is 0 Å². The lowest BCUT2D eigenvalue weighted by atomic mass is 9.79. The van der Waals surface area contributed by atoms with Gasteiger partial charge in [-0.2, -0.15) is 0 Å². The monoisotopic (exact) mass is 336 g/mol. The summed E-state index contributed by atoms with van der Waals surface area (Å²) in [5, 5.41) is 0. The van der Waals surface area contributed by atoms with Crippen molar-refractivity contribution >= 4 is 12.6 Å². The van der Waals surface area contributed by atoms with Gasteiger partial charge in [0.05, 0.1) is 17.8 Å². The molecule has 1 atom stereocenters. The molecule has 0 N–H and O–H groups in total. The Morgan fingerprint density at radius 3 is 2.17 bits per heavy atom. The van der Waals surface area contributed by atoms with Crippen LogP contribution in [0.3, 0.4) is 0 Å². The molecule has 1 fully saturated rings. The first-order chi connectivity index (χ1) is 11.0. The highest BCUT2D eigenvalue weighted by atomic mass is 19.1. The maximum Gasteiger partial charge on any atom is 0.494 e. The van der Waals surface area contributed by atoms with E-state index in [1.165, 1.54) is 6.07 Å². The molecule has 1 aliphatic rings. The van der Waals surface area contributed by atoms with Crippen molar-refractivity contribution in [2.75, 3.05) is 6.61 Å². The van der Waals surface area contributed by atoms with Crippen molar-refractivity contribution in [1.29, 1.82) is 0 Å². The number of rotatable bonds is 6. The van der Waals surface area contributed by atoms with E-state index in [0.717, 1.165) is 6.42 Å². The van der Waals surface area contributed by atoms with Gasteiger partial charge in [0.1, 0.15) is 0 Å². The van der Waals surface area contributed by atoms with E-state index in [-0.39, 0.29) is 11.6 Å². The van der Waals surface area contributed by atoms with E-state index in [2.05, 4.69) is 20.8 Å². The Hall–Kier alpha value is -1.07. The van der Waals surface area contributed by atoms with E-state index in [0.29, 0.717) is 23.9 Å². The summed E-state index contributed by atoms with van der Waals surface area (Å²) in [6.45, 7) is 14.9. The summed E-state index contributed by atoms with van der Waals surface area (Å²) in [6.07, 6.45) is 1.06. The van der Waals surface area contributed by atoms with Gasteiger partial charge in [0, 0.05) is 0 Å². The fourth-order valence-corrected chi connectivity index (χ4v) is 2.86. The van der Waals surface area contributed by atoms with Crippen LogP contribution in [0.5, 0.6) is 5.75 Å². The molecule has 1 aromatic carbocycles. The van der Waals surface area contributed by atoms with E-state index in [4.69, 9.17) is 14.0 Å². The minimum atomic E-state index is -0.557. The smallest absolute Gasteiger partial charge is 0.490 e. The van der Waals surface area contributed by atoms with E-state index in [1.54, 1.807) is 6.07 Å². The molecule has 0 saturated carbocycles. The molecule has 134 valence electrons. The molecule has 1 aromatic rings. The first-order valence-corrected chi connectivity index (χ1v) is 8.79. The van der Waals surface area contributed by atoms with Gasteiger partial charge < -0.3 is 14.0 Å². The second-order valence-electron chi connectivity index (χ2n) is 8.32. The Morgan fingerprint density at radius 1 is 1.08 bits per heavy atom. The average molecular weight is 336 g/mol. The average Bonchev–Trinajstić information content (AvgIpc) is 2.65. The van der Waals surface area contributed by atoms with Gasteiger partial charge in [-0.1, -0.05) is 26.8 Å². The molecule has 1 unspecified atom stereocenters. The predicted octanol–water partition coefficient (Wildman–Crippen LogP) is 4.19. The zero-order chi connectivity index (χ0) is 18.1. The van der Waals surface area contributed by atoms with Gasteiger partial charge in [-0.25, -0.2) is 4.39 Å². The second-order valence-corrected chi connectivity index (χ2v) is 8.32. The van der Waals surface area contributed by atoms with Crippen LogP contribution in [0.4, 0.5) is 4.39 Å². The zero-order valence-electron chi connectivity index (χ0n) is 16.0. The molecule has 5 heteroatoms. The molecule has 3 nitrogen and oxygen atoms in total. The number of hydrogen-bond donors (Lipinski definition) is 0. The maximum atomic E-state index is 14.4. The third kappa shape index (κ3) is 4.31. The summed E-state index contributed by atoms with van der Waals surface area (Å²) < 4.78 is 31.9. The first-order valence-electron chi connectivity index (χ1n) is 8.79. The first kappa shape index (κ1) is 19.3. The highest BCUT2D eigenvalue weighted by Crippen LogP contribution is 2.36. The summed E-state index contributed by atoms with van der Waals surface area (Å²) in [5.41, 5.74) is -0.195. The van der Waals surface area contributed by atoms with Crippen molar-refractivity contribution in [3.05, 3.63) is 24.0 Å². The lowest BCUT2D eigenvalue weighted by Crippen LogP contribution is -2.41. The second kappa shape index (κ2) is 7.05. The summed E-state index contributed by atoms with van der Waals surface area (Å²) in [4.78, 5) is 0. The molecule has 0 aliphatic carbocycles. The summed E-state index contributed by atoms with van der Waals surface area (Å²) in [6, 6.07) is 4.93. The van der Waals surface area contributed by atoms with Gasteiger partial charge in [-0.3, -0.25) is 0 Å². The molecule has 1 heterocycles. The maximum absolute atomic E-state index is 14.4. The zero-order valence-corrected chi connectivity index (χ0v) is 16.0. The van der Waals surface area contributed by atoms with Crippen molar-refractivity contribution in [1.82, 2.24) is 0 Å². The Balaban J connectivity index is 2.03.